The summed E-state index contributed by atoms with van der Waals surface area (Å²) in [7, 11) is 0. The molecule has 0 saturated carbocycles. The number of anilines is 1. The Bertz CT molecular complexity index is 1000. The molecule has 3 aromatic rings. The second-order valence-corrected chi connectivity index (χ2v) is 6.27. The second-order valence-electron chi connectivity index (χ2n) is 5.35. The van der Waals surface area contributed by atoms with Gasteiger partial charge in [0.1, 0.15) is 11.8 Å². The van der Waals surface area contributed by atoms with Gasteiger partial charge in [0, 0.05) is 16.2 Å². The van der Waals surface area contributed by atoms with E-state index in [1.807, 2.05) is 25.1 Å². The first-order valence-corrected chi connectivity index (χ1v) is 8.09. The number of nitrogens with one attached hydrogen (secondary N) is 1. The lowest BCUT2D eigenvalue weighted by atomic mass is 10.1. The minimum atomic E-state index is -0.322. The largest absolute Gasteiger partial charge is 0.463 e. The molecule has 0 aliphatic carbocycles. The Morgan fingerprint density at radius 2 is 2.04 bits per heavy atom. The van der Waals surface area contributed by atoms with E-state index in [1.54, 1.807) is 24.3 Å². The van der Waals surface area contributed by atoms with E-state index in [-0.39, 0.29) is 11.3 Å². The Balaban J connectivity index is 1.84. The van der Waals surface area contributed by atoms with Crippen LogP contribution in [0.25, 0.3) is 17.0 Å². The normalized spacial score (nSPS) is 11.1. The van der Waals surface area contributed by atoms with Crippen molar-refractivity contribution in [2.45, 2.75) is 6.92 Å². The fraction of sp³-hybridized carbons (Fsp3) is 0.0526. The van der Waals surface area contributed by atoms with Crippen molar-refractivity contribution in [2.75, 3.05) is 5.32 Å². The monoisotopic (exact) mass is 383 g/mol. The molecule has 120 valence electrons. The Hall–Kier alpha value is -2.66. The Kier molecular flexibility index (Phi) is 4.62. The van der Waals surface area contributed by atoms with E-state index in [0.717, 1.165) is 10.0 Å². The molecular weight excluding hydrogens is 370 g/mol. The van der Waals surface area contributed by atoms with Crippen molar-refractivity contribution in [3.63, 3.8) is 0 Å². The highest BCUT2D eigenvalue weighted by Gasteiger charge is 2.06. The van der Waals surface area contributed by atoms with Crippen LogP contribution in [-0.2, 0) is 4.79 Å². The molecule has 2 aromatic carbocycles. The number of halogens is 1. The molecule has 0 aliphatic heterocycles. The van der Waals surface area contributed by atoms with Crippen LogP contribution in [0.1, 0.15) is 11.1 Å². The minimum Gasteiger partial charge on any atom is -0.463 e. The number of hydrogen-bond acceptors (Lipinski definition) is 3. The number of amides is 1. The molecule has 4 nitrogen and oxygen atoms in total. The number of aryl methyl sites for hydroxylation is 1. The van der Waals surface area contributed by atoms with Gasteiger partial charge >= 0.3 is 0 Å². The lowest BCUT2D eigenvalue weighted by Gasteiger charge is -2.02. The van der Waals surface area contributed by atoms with E-state index >= 15 is 0 Å². The van der Waals surface area contributed by atoms with Gasteiger partial charge in [0.2, 0.25) is 5.91 Å². The Morgan fingerprint density at radius 1 is 1.21 bits per heavy atom. The second kappa shape index (κ2) is 6.84. The fourth-order valence-electron chi connectivity index (χ4n) is 2.29. The van der Waals surface area contributed by atoms with Crippen molar-refractivity contribution >= 4 is 44.6 Å². The van der Waals surface area contributed by atoms with E-state index in [2.05, 4.69) is 21.2 Å². The molecule has 0 radical (unpaired) electrons. The molecule has 0 fully saturated rings. The molecule has 0 atom stereocenters. The van der Waals surface area contributed by atoms with Gasteiger partial charge in [-0.1, -0.05) is 33.6 Å². The maximum absolute atomic E-state index is 12.4. The van der Waals surface area contributed by atoms with Crippen LogP contribution in [0, 0.1) is 6.92 Å². The van der Waals surface area contributed by atoms with Crippen molar-refractivity contribution in [3.8, 4) is 0 Å². The van der Waals surface area contributed by atoms with E-state index < -0.39 is 0 Å². The Labute approximate surface area is 146 Å². The zero-order chi connectivity index (χ0) is 17.1. The van der Waals surface area contributed by atoms with Gasteiger partial charge in [-0.15, -0.1) is 0 Å². The summed E-state index contributed by atoms with van der Waals surface area (Å²) in [5.41, 5.74) is 2.34. The maximum Gasteiger partial charge on any atom is 0.248 e. The standard InChI is InChI=1S/C19H14BrNO3/c1-12-5-7-17-16(9-12)19(23)13(11-24-17)6-8-18(22)21-15-4-2-3-14(20)10-15/h2-11H,1H3,(H,21,22)/b8-6+. The SMILES string of the molecule is Cc1ccc2occ(/C=C/C(=O)Nc3cccc(Br)c3)c(=O)c2c1. The van der Waals surface area contributed by atoms with Crippen LogP contribution < -0.4 is 10.7 Å². The predicted octanol–water partition coefficient (Wildman–Crippen LogP) is 4.52. The quantitative estimate of drug-likeness (QED) is 0.676. The average Bonchev–Trinajstić information content (AvgIpc) is 2.55. The third-order valence-corrected chi connectivity index (χ3v) is 3.95. The summed E-state index contributed by atoms with van der Waals surface area (Å²) in [5.74, 6) is -0.322. The first-order valence-electron chi connectivity index (χ1n) is 7.30. The fourth-order valence-corrected chi connectivity index (χ4v) is 2.69. The molecule has 1 amide bonds. The van der Waals surface area contributed by atoms with Crippen LogP contribution in [0.5, 0.6) is 0 Å². The van der Waals surface area contributed by atoms with Crippen molar-refractivity contribution in [1.29, 1.82) is 0 Å². The number of benzene rings is 2. The summed E-state index contributed by atoms with van der Waals surface area (Å²) >= 11 is 3.34. The summed E-state index contributed by atoms with van der Waals surface area (Å²) in [6.07, 6.45) is 4.14. The molecule has 0 saturated heterocycles. The minimum absolute atomic E-state index is 0.161. The van der Waals surface area contributed by atoms with Crippen LogP contribution in [-0.4, -0.2) is 5.91 Å². The third-order valence-electron chi connectivity index (χ3n) is 3.46. The van der Waals surface area contributed by atoms with Crippen LogP contribution in [0.3, 0.4) is 0 Å². The summed E-state index contributed by atoms with van der Waals surface area (Å²) < 4.78 is 6.33. The first-order chi connectivity index (χ1) is 11.5. The molecule has 0 spiro atoms. The van der Waals surface area contributed by atoms with Crippen molar-refractivity contribution in [2.24, 2.45) is 0 Å². The topological polar surface area (TPSA) is 59.3 Å². The maximum atomic E-state index is 12.4. The van der Waals surface area contributed by atoms with Crippen LogP contribution in [0.15, 0.2) is 68.5 Å². The highest BCUT2D eigenvalue weighted by Crippen LogP contribution is 2.16. The van der Waals surface area contributed by atoms with Crippen LogP contribution >= 0.6 is 15.9 Å². The molecule has 1 N–H and O–H groups in total. The van der Waals surface area contributed by atoms with Crippen molar-refractivity contribution in [1.82, 2.24) is 0 Å². The van der Waals surface area contributed by atoms with Gasteiger partial charge in [-0.25, -0.2) is 0 Å². The van der Waals surface area contributed by atoms with Gasteiger partial charge in [-0.2, -0.15) is 0 Å². The van der Waals surface area contributed by atoms with Crippen LogP contribution in [0.4, 0.5) is 5.69 Å². The molecule has 1 aromatic heterocycles. The number of hydrogen-bond donors (Lipinski definition) is 1. The van der Waals surface area contributed by atoms with Gasteiger partial charge < -0.3 is 9.73 Å². The molecule has 1 heterocycles. The van der Waals surface area contributed by atoms with E-state index in [9.17, 15) is 9.59 Å². The van der Waals surface area contributed by atoms with Crippen molar-refractivity contribution in [3.05, 3.63) is 80.6 Å². The summed E-state index contributed by atoms with van der Waals surface area (Å²) in [6.45, 7) is 1.91. The zero-order valence-electron chi connectivity index (χ0n) is 12.9. The van der Waals surface area contributed by atoms with E-state index in [1.165, 1.54) is 18.4 Å². The van der Waals surface area contributed by atoms with E-state index in [4.69, 9.17) is 4.42 Å². The zero-order valence-corrected chi connectivity index (χ0v) is 14.5. The van der Waals surface area contributed by atoms with E-state index in [0.29, 0.717) is 22.2 Å². The lowest BCUT2D eigenvalue weighted by molar-refractivity contribution is -0.111. The van der Waals surface area contributed by atoms with Crippen LogP contribution in [0.2, 0.25) is 0 Å². The summed E-state index contributed by atoms with van der Waals surface area (Å²) in [4.78, 5) is 24.4. The number of carbonyl (C=O) groups excluding carboxylic acids is 1. The highest BCUT2D eigenvalue weighted by atomic mass is 79.9. The first kappa shape index (κ1) is 16.2. The number of fused-ring (bicyclic) bond motifs is 1. The molecule has 0 aliphatic rings. The van der Waals surface area contributed by atoms with Gasteiger partial charge in [0.25, 0.3) is 0 Å². The average molecular weight is 384 g/mol. The third kappa shape index (κ3) is 3.63. The van der Waals surface area contributed by atoms with Gasteiger partial charge in [0.15, 0.2) is 5.43 Å². The lowest BCUT2D eigenvalue weighted by Crippen LogP contribution is -2.09. The highest BCUT2D eigenvalue weighted by molar-refractivity contribution is 9.10. The summed E-state index contributed by atoms with van der Waals surface area (Å²) in [6, 6.07) is 12.7. The number of carbonyl (C=O) groups is 1. The van der Waals surface area contributed by atoms with Crippen molar-refractivity contribution < 1.29 is 9.21 Å². The smallest absolute Gasteiger partial charge is 0.248 e. The molecule has 0 bridgehead atoms. The summed E-state index contributed by atoms with van der Waals surface area (Å²) in [5, 5.41) is 3.23. The molecule has 24 heavy (non-hydrogen) atoms. The predicted molar refractivity (Wildman–Crippen MR) is 99.0 cm³/mol. The Morgan fingerprint density at radius 3 is 2.83 bits per heavy atom. The molecule has 3 rings (SSSR count). The number of rotatable bonds is 3. The molecule has 5 heteroatoms. The van der Waals surface area contributed by atoms with Gasteiger partial charge in [-0.3, -0.25) is 9.59 Å². The van der Waals surface area contributed by atoms with Gasteiger partial charge in [0.05, 0.1) is 10.9 Å². The van der Waals surface area contributed by atoms with Gasteiger partial charge in [-0.05, 0) is 43.3 Å². The molecule has 0 unspecified atom stereocenters. The molecular formula is C19H14BrNO3.